The van der Waals surface area contributed by atoms with Crippen molar-refractivity contribution in [2.45, 2.75) is 24.9 Å². The average molecular weight is 572 g/mol. The van der Waals surface area contributed by atoms with E-state index in [1.54, 1.807) is 6.33 Å². The molecular formula is C33H29N7O3. The summed E-state index contributed by atoms with van der Waals surface area (Å²) < 4.78 is 4.81. The third kappa shape index (κ3) is 5.07. The highest BCUT2D eigenvalue weighted by atomic mass is 16.5. The summed E-state index contributed by atoms with van der Waals surface area (Å²) in [6, 6.07) is 22.7. The standard InChI is InChI=1S/C33H29N7O3/c1-43-33(42)39-30(22-6-3-2-4-7-22)32(41)40-13-5-8-29(40)24-15-27-26(34-18-24)16-25(38-27)21-11-9-20(10-12-21)23-14-28-31(35-17-23)37-19-36-28/h2-4,6-7,9-12,14-19,29-30,38H,5,8,13H2,1H3,(H,39,42)(H,35,36,37)/t29?,30-/m1/s1. The summed E-state index contributed by atoms with van der Waals surface area (Å²) in [5, 5.41) is 2.72. The van der Waals surface area contributed by atoms with Gasteiger partial charge in [0.15, 0.2) is 5.65 Å². The monoisotopic (exact) mass is 571 g/mol. The van der Waals surface area contributed by atoms with E-state index in [2.05, 4.69) is 55.6 Å². The second kappa shape index (κ2) is 11.1. The molecule has 7 rings (SSSR count). The maximum Gasteiger partial charge on any atom is 0.407 e. The summed E-state index contributed by atoms with van der Waals surface area (Å²) in [6.45, 7) is 0.596. The van der Waals surface area contributed by atoms with Gasteiger partial charge < -0.3 is 24.9 Å². The van der Waals surface area contributed by atoms with E-state index in [0.717, 1.165) is 57.3 Å². The molecule has 4 aromatic heterocycles. The lowest BCUT2D eigenvalue weighted by molar-refractivity contribution is -0.134. The molecule has 1 saturated heterocycles. The van der Waals surface area contributed by atoms with Gasteiger partial charge in [-0.2, -0.15) is 0 Å². The predicted molar refractivity (Wildman–Crippen MR) is 163 cm³/mol. The van der Waals surface area contributed by atoms with E-state index >= 15 is 0 Å². The Morgan fingerprint density at radius 3 is 2.56 bits per heavy atom. The van der Waals surface area contributed by atoms with Crippen molar-refractivity contribution in [3.05, 3.63) is 103 Å². The van der Waals surface area contributed by atoms with Crippen LogP contribution in [0, 0.1) is 0 Å². The summed E-state index contributed by atoms with van der Waals surface area (Å²) in [5.74, 6) is -0.173. The van der Waals surface area contributed by atoms with E-state index in [-0.39, 0.29) is 11.9 Å². The minimum absolute atomic E-state index is 0.151. The Hall–Kier alpha value is -5.51. The average Bonchev–Trinajstić information content (AvgIpc) is 3.82. The molecule has 1 fully saturated rings. The third-order valence-corrected chi connectivity index (χ3v) is 8.04. The number of nitrogens with zero attached hydrogens (tertiary/aromatic N) is 4. The molecule has 10 nitrogen and oxygen atoms in total. The quantitative estimate of drug-likeness (QED) is 0.227. The van der Waals surface area contributed by atoms with Crippen LogP contribution in [-0.2, 0) is 9.53 Å². The van der Waals surface area contributed by atoms with Gasteiger partial charge in [-0.05, 0) is 53.3 Å². The second-order valence-electron chi connectivity index (χ2n) is 10.6. The first kappa shape index (κ1) is 26.4. The molecule has 0 spiro atoms. The van der Waals surface area contributed by atoms with E-state index in [1.165, 1.54) is 7.11 Å². The van der Waals surface area contributed by atoms with E-state index < -0.39 is 12.1 Å². The Balaban J connectivity index is 1.13. The van der Waals surface area contributed by atoms with Crippen LogP contribution in [-0.4, -0.2) is 55.5 Å². The van der Waals surface area contributed by atoms with Gasteiger partial charge >= 0.3 is 6.09 Å². The number of rotatable bonds is 6. The minimum Gasteiger partial charge on any atom is -0.453 e. The molecule has 1 unspecified atom stereocenters. The molecule has 214 valence electrons. The summed E-state index contributed by atoms with van der Waals surface area (Å²) in [4.78, 5) is 47.8. The van der Waals surface area contributed by atoms with Crippen molar-refractivity contribution < 1.29 is 14.3 Å². The van der Waals surface area contributed by atoms with E-state index in [9.17, 15) is 9.59 Å². The van der Waals surface area contributed by atoms with Gasteiger partial charge in [-0.15, -0.1) is 0 Å². The van der Waals surface area contributed by atoms with Gasteiger partial charge in [0.25, 0.3) is 0 Å². The SMILES string of the molecule is COC(=O)N[C@@H](C(=O)N1CCCC1c1cnc2cc(-c3ccc(-c4cnc5nc[nH]c5c4)cc3)[nH]c2c1)c1ccccc1. The van der Waals surface area contributed by atoms with Crippen molar-refractivity contribution in [3.8, 4) is 22.4 Å². The number of alkyl carbamates (subject to hydrolysis) is 1. The molecule has 1 aliphatic rings. The van der Waals surface area contributed by atoms with Crippen LogP contribution in [0.1, 0.15) is 36.1 Å². The largest absolute Gasteiger partial charge is 0.453 e. The highest BCUT2D eigenvalue weighted by Crippen LogP contribution is 2.36. The first-order valence-electron chi connectivity index (χ1n) is 14.2. The van der Waals surface area contributed by atoms with Gasteiger partial charge in [-0.3, -0.25) is 9.78 Å². The molecule has 0 bridgehead atoms. The molecule has 2 aromatic carbocycles. The lowest BCUT2D eigenvalue weighted by atomic mass is 10.0. The fraction of sp³-hybridized carbons (Fsp3) is 0.182. The van der Waals surface area contributed by atoms with Gasteiger partial charge in [0, 0.05) is 30.2 Å². The summed E-state index contributed by atoms with van der Waals surface area (Å²) >= 11 is 0. The highest BCUT2D eigenvalue weighted by Gasteiger charge is 2.36. The number of carbonyl (C=O) groups is 2. The molecule has 6 aromatic rings. The molecule has 0 radical (unpaired) electrons. The number of H-pyrrole nitrogens is 2. The normalized spacial score (nSPS) is 15.6. The first-order chi connectivity index (χ1) is 21.1. The van der Waals surface area contributed by atoms with Gasteiger partial charge in [0.2, 0.25) is 5.91 Å². The van der Waals surface area contributed by atoms with E-state index in [0.29, 0.717) is 17.8 Å². The number of pyridine rings is 2. The molecule has 0 saturated carbocycles. The zero-order valence-electron chi connectivity index (χ0n) is 23.4. The maximum absolute atomic E-state index is 13.8. The summed E-state index contributed by atoms with van der Waals surface area (Å²) in [5.41, 5.74) is 9.07. The smallest absolute Gasteiger partial charge is 0.407 e. The Bertz CT molecular complexity index is 1930. The number of aromatic nitrogens is 5. The van der Waals surface area contributed by atoms with E-state index in [4.69, 9.17) is 9.72 Å². The number of aromatic amines is 2. The molecule has 0 aliphatic carbocycles. The number of fused-ring (bicyclic) bond motifs is 2. The lowest BCUT2D eigenvalue weighted by Gasteiger charge is -2.29. The maximum atomic E-state index is 13.8. The number of nitrogens with one attached hydrogen (secondary N) is 3. The number of benzene rings is 2. The number of amides is 2. The van der Waals surface area contributed by atoms with Crippen molar-refractivity contribution in [2.24, 2.45) is 0 Å². The van der Waals surface area contributed by atoms with Crippen molar-refractivity contribution in [2.75, 3.05) is 13.7 Å². The zero-order valence-corrected chi connectivity index (χ0v) is 23.4. The third-order valence-electron chi connectivity index (χ3n) is 8.04. The minimum atomic E-state index is -0.844. The zero-order chi connectivity index (χ0) is 29.3. The fourth-order valence-electron chi connectivity index (χ4n) is 5.84. The van der Waals surface area contributed by atoms with Crippen molar-refractivity contribution in [1.29, 1.82) is 0 Å². The van der Waals surface area contributed by atoms with Gasteiger partial charge in [0.1, 0.15) is 6.04 Å². The second-order valence-corrected chi connectivity index (χ2v) is 10.6. The van der Waals surface area contributed by atoms with Gasteiger partial charge in [-0.1, -0.05) is 54.6 Å². The lowest BCUT2D eigenvalue weighted by Crippen LogP contribution is -2.42. The highest BCUT2D eigenvalue weighted by molar-refractivity contribution is 5.88. The van der Waals surface area contributed by atoms with Gasteiger partial charge in [0.05, 0.1) is 36.0 Å². The fourth-order valence-corrected chi connectivity index (χ4v) is 5.84. The van der Waals surface area contributed by atoms with Crippen LogP contribution in [0.2, 0.25) is 0 Å². The molecule has 5 heterocycles. The molecule has 43 heavy (non-hydrogen) atoms. The van der Waals surface area contributed by atoms with Crippen LogP contribution >= 0.6 is 0 Å². The molecular weight excluding hydrogens is 542 g/mol. The van der Waals surface area contributed by atoms with Crippen molar-refractivity contribution >= 4 is 34.2 Å². The molecule has 3 N–H and O–H groups in total. The number of ether oxygens (including phenoxy) is 1. The number of hydrogen-bond donors (Lipinski definition) is 3. The van der Waals surface area contributed by atoms with Crippen LogP contribution in [0.4, 0.5) is 4.79 Å². The van der Waals surface area contributed by atoms with Crippen molar-refractivity contribution in [3.63, 3.8) is 0 Å². The predicted octanol–water partition coefficient (Wildman–Crippen LogP) is 5.93. The topological polar surface area (TPSA) is 129 Å². The van der Waals surface area contributed by atoms with Crippen LogP contribution in [0.5, 0.6) is 0 Å². The summed E-state index contributed by atoms with van der Waals surface area (Å²) in [6.07, 6.45) is 6.35. The molecule has 2 atom stereocenters. The number of carbonyl (C=O) groups excluding carboxylic acids is 2. The summed E-state index contributed by atoms with van der Waals surface area (Å²) in [7, 11) is 1.29. The van der Waals surface area contributed by atoms with Gasteiger partial charge in [-0.25, -0.2) is 14.8 Å². The number of imidazole rings is 1. The van der Waals surface area contributed by atoms with Crippen LogP contribution < -0.4 is 5.32 Å². The number of methoxy groups -OCH3 is 1. The Morgan fingerprint density at radius 2 is 1.74 bits per heavy atom. The van der Waals surface area contributed by atoms with E-state index in [1.807, 2.05) is 59.8 Å². The van der Waals surface area contributed by atoms with Crippen LogP contribution in [0.3, 0.4) is 0 Å². The number of hydrogen-bond acceptors (Lipinski definition) is 6. The van der Waals surface area contributed by atoms with Crippen LogP contribution in [0.15, 0.2) is 91.5 Å². The molecule has 1 aliphatic heterocycles. The molecule has 10 heteroatoms. The van der Waals surface area contributed by atoms with Crippen molar-refractivity contribution in [1.82, 2.24) is 35.1 Å². The Kier molecular flexibility index (Phi) is 6.78. The Labute approximate surface area is 247 Å². The first-order valence-corrected chi connectivity index (χ1v) is 14.2. The van der Waals surface area contributed by atoms with Crippen LogP contribution in [0.25, 0.3) is 44.6 Å². The number of likely N-dealkylation sites (tertiary alicyclic amines) is 1. The molecule has 2 amide bonds. The Morgan fingerprint density at radius 1 is 0.930 bits per heavy atom.